The summed E-state index contributed by atoms with van der Waals surface area (Å²) in [4.78, 5) is 11.1. The first kappa shape index (κ1) is 8.57. The molecule has 0 saturated carbocycles. The Morgan fingerprint density at radius 3 is 2.27 bits per heavy atom. The predicted octanol–water partition coefficient (Wildman–Crippen LogP) is 1.70. The van der Waals surface area contributed by atoms with E-state index in [0.29, 0.717) is 6.04 Å². The molecule has 0 aromatic carbocycles. The van der Waals surface area contributed by atoms with Crippen LogP contribution in [-0.2, 0) is 4.79 Å². The molecule has 1 amide bonds. The Morgan fingerprint density at radius 2 is 2.09 bits per heavy atom. The molecule has 1 N–H and O–H groups in total. The van der Waals surface area contributed by atoms with Crippen molar-refractivity contribution in [3.05, 3.63) is 0 Å². The van der Waals surface area contributed by atoms with Gasteiger partial charge in [-0.3, -0.25) is 4.79 Å². The largest absolute Gasteiger partial charge is 0.353 e. The van der Waals surface area contributed by atoms with Gasteiger partial charge in [-0.25, -0.2) is 0 Å². The average molecular weight is 155 g/mol. The highest BCUT2D eigenvalue weighted by molar-refractivity contribution is 5.79. The van der Waals surface area contributed by atoms with Crippen molar-refractivity contribution in [2.45, 2.75) is 46.1 Å². The minimum absolute atomic E-state index is 0.223. The molecule has 0 aromatic rings. The maximum Gasteiger partial charge on any atom is 0.220 e. The summed E-state index contributed by atoms with van der Waals surface area (Å²) < 4.78 is 0. The lowest BCUT2D eigenvalue weighted by Gasteiger charge is -2.29. The summed E-state index contributed by atoms with van der Waals surface area (Å²) in [6, 6.07) is 0.366. The second-order valence-corrected chi connectivity index (χ2v) is 3.54. The smallest absolute Gasteiger partial charge is 0.220 e. The van der Waals surface area contributed by atoms with Crippen LogP contribution in [0.2, 0.25) is 0 Å². The number of rotatable bonds is 2. The van der Waals surface area contributed by atoms with Gasteiger partial charge in [-0.05, 0) is 25.2 Å². The lowest BCUT2D eigenvalue weighted by atomic mass is 9.76. The summed E-state index contributed by atoms with van der Waals surface area (Å²) >= 11 is 0. The quantitative estimate of drug-likeness (QED) is 0.646. The van der Waals surface area contributed by atoms with Crippen LogP contribution < -0.4 is 5.32 Å². The second-order valence-electron chi connectivity index (χ2n) is 3.54. The van der Waals surface area contributed by atoms with Gasteiger partial charge in [-0.1, -0.05) is 13.8 Å². The zero-order valence-corrected chi connectivity index (χ0v) is 7.61. The molecule has 2 heteroatoms. The van der Waals surface area contributed by atoms with E-state index in [4.69, 9.17) is 0 Å². The predicted molar refractivity (Wildman–Crippen MR) is 45.2 cm³/mol. The van der Waals surface area contributed by atoms with Crippen LogP contribution in [0.3, 0.4) is 0 Å². The van der Waals surface area contributed by atoms with E-state index in [1.54, 1.807) is 0 Å². The Labute approximate surface area is 68.4 Å². The molecule has 1 saturated heterocycles. The van der Waals surface area contributed by atoms with E-state index in [2.05, 4.69) is 26.1 Å². The van der Waals surface area contributed by atoms with Crippen molar-refractivity contribution < 1.29 is 4.79 Å². The molecule has 1 fully saturated rings. The monoisotopic (exact) mass is 155 g/mol. The van der Waals surface area contributed by atoms with Crippen molar-refractivity contribution in [3.8, 4) is 0 Å². The molecule has 1 atom stereocenters. The summed E-state index contributed by atoms with van der Waals surface area (Å²) in [6.45, 7) is 6.44. The molecule has 1 aliphatic heterocycles. The van der Waals surface area contributed by atoms with Crippen LogP contribution in [-0.4, -0.2) is 11.9 Å². The van der Waals surface area contributed by atoms with Gasteiger partial charge in [-0.2, -0.15) is 0 Å². The minimum atomic E-state index is 0.223. The third kappa shape index (κ3) is 1.26. The van der Waals surface area contributed by atoms with Crippen molar-refractivity contribution in [1.82, 2.24) is 5.32 Å². The Hall–Kier alpha value is -0.530. The number of hydrogen-bond acceptors (Lipinski definition) is 1. The summed E-state index contributed by atoms with van der Waals surface area (Å²) in [7, 11) is 0. The zero-order valence-electron chi connectivity index (χ0n) is 7.61. The van der Waals surface area contributed by atoms with Crippen LogP contribution in [0.25, 0.3) is 0 Å². The van der Waals surface area contributed by atoms with Gasteiger partial charge in [0, 0.05) is 12.5 Å². The fourth-order valence-electron chi connectivity index (χ4n) is 2.03. The number of amides is 1. The van der Waals surface area contributed by atoms with E-state index >= 15 is 0 Å². The van der Waals surface area contributed by atoms with Crippen LogP contribution in [0.5, 0.6) is 0 Å². The normalized spacial score (nSPS) is 28.6. The Bertz CT molecular complexity index is 161. The number of carbonyl (C=O) groups excluding carboxylic acids is 1. The number of hydrogen-bond donors (Lipinski definition) is 1. The molecule has 2 nitrogen and oxygen atoms in total. The third-order valence-electron chi connectivity index (χ3n) is 3.22. The second kappa shape index (κ2) is 2.84. The van der Waals surface area contributed by atoms with Gasteiger partial charge in [0.1, 0.15) is 0 Å². The summed E-state index contributed by atoms with van der Waals surface area (Å²) in [5.74, 6) is 0.223. The molecule has 11 heavy (non-hydrogen) atoms. The first-order valence-corrected chi connectivity index (χ1v) is 4.44. The van der Waals surface area contributed by atoms with E-state index in [0.717, 1.165) is 19.3 Å². The van der Waals surface area contributed by atoms with E-state index < -0.39 is 0 Å². The molecule has 0 spiro atoms. The fraction of sp³-hybridized carbons (Fsp3) is 0.889. The van der Waals surface area contributed by atoms with Gasteiger partial charge in [0.2, 0.25) is 5.91 Å². The van der Waals surface area contributed by atoms with Gasteiger partial charge in [0.05, 0.1) is 0 Å². The molecule has 0 aromatic heterocycles. The van der Waals surface area contributed by atoms with Crippen molar-refractivity contribution in [2.75, 3.05) is 0 Å². The molecule has 0 aliphatic carbocycles. The van der Waals surface area contributed by atoms with E-state index in [-0.39, 0.29) is 11.3 Å². The Kier molecular flexibility index (Phi) is 2.21. The Balaban J connectivity index is 2.75. The molecule has 1 aliphatic rings. The lowest BCUT2D eigenvalue weighted by molar-refractivity contribution is -0.119. The standard InChI is InChI=1S/C9H17NO/c1-4-9(5-2)6-8(11)10-7(9)3/h7H,4-6H2,1-3H3,(H,10,11). The summed E-state index contributed by atoms with van der Waals surface area (Å²) in [6.07, 6.45) is 2.92. The fourth-order valence-corrected chi connectivity index (χ4v) is 2.03. The van der Waals surface area contributed by atoms with Crippen LogP contribution in [0.1, 0.15) is 40.0 Å². The van der Waals surface area contributed by atoms with Gasteiger partial charge >= 0.3 is 0 Å². The molecule has 1 unspecified atom stereocenters. The molecule has 64 valence electrons. The van der Waals surface area contributed by atoms with Crippen LogP contribution in [0.4, 0.5) is 0 Å². The van der Waals surface area contributed by atoms with Crippen molar-refractivity contribution in [3.63, 3.8) is 0 Å². The van der Waals surface area contributed by atoms with Crippen LogP contribution in [0, 0.1) is 5.41 Å². The topological polar surface area (TPSA) is 29.1 Å². The highest BCUT2D eigenvalue weighted by Crippen LogP contribution is 2.38. The highest BCUT2D eigenvalue weighted by Gasteiger charge is 2.41. The van der Waals surface area contributed by atoms with Gasteiger partial charge in [0.25, 0.3) is 0 Å². The van der Waals surface area contributed by atoms with Crippen molar-refractivity contribution >= 4 is 5.91 Å². The van der Waals surface area contributed by atoms with Crippen molar-refractivity contribution in [1.29, 1.82) is 0 Å². The third-order valence-corrected chi connectivity index (χ3v) is 3.22. The lowest BCUT2D eigenvalue weighted by Crippen LogP contribution is -2.33. The molecular formula is C9H17NO. The van der Waals surface area contributed by atoms with E-state index in [9.17, 15) is 4.79 Å². The maximum atomic E-state index is 11.1. The Morgan fingerprint density at radius 1 is 1.55 bits per heavy atom. The van der Waals surface area contributed by atoms with E-state index in [1.807, 2.05) is 0 Å². The molecule has 1 rings (SSSR count). The summed E-state index contributed by atoms with van der Waals surface area (Å²) in [5.41, 5.74) is 0.247. The van der Waals surface area contributed by atoms with Gasteiger partial charge in [0.15, 0.2) is 0 Å². The van der Waals surface area contributed by atoms with E-state index in [1.165, 1.54) is 0 Å². The van der Waals surface area contributed by atoms with Gasteiger partial charge in [-0.15, -0.1) is 0 Å². The zero-order chi connectivity index (χ0) is 8.48. The molecule has 0 radical (unpaired) electrons. The number of nitrogens with one attached hydrogen (secondary N) is 1. The molecular weight excluding hydrogens is 138 g/mol. The maximum absolute atomic E-state index is 11.1. The summed E-state index contributed by atoms with van der Waals surface area (Å²) in [5, 5.41) is 2.97. The van der Waals surface area contributed by atoms with Crippen LogP contribution in [0.15, 0.2) is 0 Å². The van der Waals surface area contributed by atoms with Crippen LogP contribution >= 0.6 is 0 Å². The SMILES string of the molecule is CCC1(CC)CC(=O)NC1C. The van der Waals surface area contributed by atoms with Gasteiger partial charge < -0.3 is 5.32 Å². The first-order valence-electron chi connectivity index (χ1n) is 4.44. The first-order chi connectivity index (χ1) is 5.14. The minimum Gasteiger partial charge on any atom is -0.353 e. The van der Waals surface area contributed by atoms with Crippen molar-refractivity contribution in [2.24, 2.45) is 5.41 Å². The highest BCUT2D eigenvalue weighted by atomic mass is 16.2. The molecule has 0 bridgehead atoms. The average Bonchev–Trinajstić information content (AvgIpc) is 2.27. The number of carbonyl (C=O) groups is 1. The molecule has 1 heterocycles.